The number of urea groups is 1. The van der Waals surface area contributed by atoms with Crippen molar-refractivity contribution in [2.24, 2.45) is 11.8 Å². The van der Waals surface area contributed by atoms with Crippen molar-refractivity contribution in [3.63, 3.8) is 0 Å². The van der Waals surface area contributed by atoms with Crippen LogP contribution in [0.4, 0.5) is 4.79 Å². The summed E-state index contributed by atoms with van der Waals surface area (Å²) in [7, 11) is -3.59. The summed E-state index contributed by atoms with van der Waals surface area (Å²) in [5, 5.41) is 0. The van der Waals surface area contributed by atoms with Crippen LogP contribution in [0.25, 0.3) is 0 Å². The molecule has 4 aliphatic heterocycles. The molecule has 1 aromatic rings. The van der Waals surface area contributed by atoms with E-state index in [9.17, 15) is 18.0 Å². The third-order valence-corrected chi connectivity index (χ3v) is 9.11. The predicted molar refractivity (Wildman–Crippen MR) is 112 cm³/mol. The van der Waals surface area contributed by atoms with Crippen LogP contribution in [0.3, 0.4) is 0 Å². The molecule has 4 fully saturated rings. The topological polar surface area (TPSA) is 94.1 Å². The molecule has 9 nitrogen and oxygen atoms in total. The van der Waals surface area contributed by atoms with Crippen molar-refractivity contribution < 1.29 is 18.0 Å². The van der Waals surface area contributed by atoms with Gasteiger partial charge in [-0.15, -0.1) is 0 Å². The largest absolute Gasteiger partial charge is 0.339 e. The number of sulfonamides is 1. The third kappa shape index (κ3) is 3.80. The molecule has 0 radical (unpaired) electrons. The van der Waals surface area contributed by atoms with E-state index in [-0.39, 0.29) is 36.0 Å². The lowest BCUT2D eigenvalue weighted by Crippen LogP contribution is -2.63. The van der Waals surface area contributed by atoms with Gasteiger partial charge in [0.25, 0.3) is 0 Å². The van der Waals surface area contributed by atoms with E-state index in [0.717, 1.165) is 25.8 Å². The Hall–Kier alpha value is -2.20. The van der Waals surface area contributed by atoms with E-state index in [4.69, 9.17) is 0 Å². The number of nitrogens with zero attached hydrogens (tertiary/aromatic N) is 5. The highest BCUT2D eigenvalue weighted by molar-refractivity contribution is 7.89. The summed E-state index contributed by atoms with van der Waals surface area (Å²) in [5.74, 6) is 0.970. The van der Waals surface area contributed by atoms with Crippen molar-refractivity contribution >= 4 is 22.0 Å². The van der Waals surface area contributed by atoms with E-state index in [2.05, 4.69) is 9.88 Å². The molecule has 3 amide bonds. The van der Waals surface area contributed by atoms with Gasteiger partial charge >= 0.3 is 6.03 Å². The summed E-state index contributed by atoms with van der Waals surface area (Å²) in [5.41, 5.74) is 0. The Morgan fingerprint density at radius 1 is 1.06 bits per heavy atom. The van der Waals surface area contributed by atoms with Gasteiger partial charge in [0.15, 0.2) is 0 Å². The van der Waals surface area contributed by atoms with Crippen LogP contribution in [-0.4, -0.2) is 96.2 Å². The second-order valence-corrected chi connectivity index (χ2v) is 11.1. The average molecular weight is 448 g/mol. The minimum atomic E-state index is -3.59. The van der Waals surface area contributed by atoms with Crippen LogP contribution in [0.1, 0.15) is 25.7 Å². The van der Waals surface area contributed by atoms with Gasteiger partial charge < -0.3 is 14.7 Å². The second kappa shape index (κ2) is 8.05. The standard InChI is InChI=1S/C21H29N5O4S/c27-20-5-1-4-19-17-11-16(14-26(19)20)13-24(15-17)21(28)23-7-9-25(10-8-23)31(29,30)18-3-2-6-22-12-18/h2-3,6,12,16-17,19H,1,4-5,7-11,13-15H2/t16-,17-,19-/m1/s1. The fourth-order valence-electron chi connectivity index (χ4n) is 5.73. The Kier molecular flexibility index (Phi) is 5.37. The molecule has 31 heavy (non-hydrogen) atoms. The number of likely N-dealkylation sites (tertiary alicyclic amines) is 1. The van der Waals surface area contributed by atoms with Crippen LogP contribution in [-0.2, 0) is 14.8 Å². The van der Waals surface area contributed by atoms with Crippen LogP contribution < -0.4 is 0 Å². The number of rotatable bonds is 2. The van der Waals surface area contributed by atoms with Gasteiger partial charge in [-0.25, -0.2) is 13.2 Å². The zero-order chi connectivity index (χ0) is 21.6. The normalized spacial score (nSPS) is 29.6. The Bertz CT molecular complexity index is 948. The molecule has 0 unspecified atom stereocenters. The molecule has 0 aliphatic carbocycles. The highest BCUT2D eigenvalue weighted by atomic mass is 32.2. The Balaban J connectivity index is 1.21. The Morgan fingerprint density at radius 3 is 2.61 bits per heavy atom. The van der Waals surface area contributed by atoms with Gasteiger partial charge in [0.1, 0.15) is 4.90 Å². The number of aromatic nitrogens is 1. The van der Waals surface area contributed by atoms with Gasteiger partial charge in [0.2, 0.25) is 15.9 Å². The van der Waals surface area contributed by atoms with Gasteiger partial charge in [-0.3, -0.25) is 9.78 Å². The van der Waals surface area contributed by atoms with Gasteiger partial charge in [-0.2, -0.15) is 4.31 Å². The number of fused-ring (bicyclic) bond motifs is 4. The number of carbonyl (C=O) groups excluding carboxylic acids is 2. The zero-order valence-electron chi connectivity index (χ0n) is 17.6. The number of hydrogen-bond donors (Lipinski definition) is 0. The minimum absolute atomic E-state index is 0.00344. The first-order valence-corrected chi connectivity index (χ1v) is 12.6. The second-order valence-electron chi connectivity index (χ2n) is 9.13. The first-order chi connectivity index (χ1) is 14.9. The molecule has 0 aromatic carbocycles. The third-order valence-electron chi connectivity index (χ3n) is 7.23. The van der Waals surface area contributed by atoms with Crippen LogP contribution in [0.15, 0.2) is 29.4 Å². The summed E-state index contributed by atoms with van der Waals surface area (Å²) in [6.07, 6.45) is 6.64. The first kappa shape index (κ1) is 20.7. The lowest BCUT2D eigenvalue weighted by molar-refractivity contribution is -0.144. The monoisotopic (exact) mass is 447 g/mol. The molecule has 0 N–H and O–H groups in total. The molecule has 1 aromatic heterocycles. The molecule has 168 valence electrons. The fraction of sp³-hybridized carbons (Fsp3) is 0.667. The van der Waals surface area contributed by atoms with Crippen molar-refractivity contribution in [3.8, 4) is 0 Å². The van der Waals surface area contributed by atoms with E-state index >= 15 is 0 Å². The number of amides is 3. The molecular weight excluding hydrogens is 418 g/mol. The van der Waals surface area contributed by atoms with E-state index < -0.39 is 10.0 Å². The molecule has 10 heteroatoms. The molecule has 0 saturated carbocycles. The van der Waals surface area contributed by atoms with E-state index in [1.807, 2.05) is 4.90 Å². The summed E-state index contributed by atoms with van der Waals surface area (Å²) >= 11 is 0. The van der Waals surface area contributed by atoms with Crippen molar-refractivity contribution in [3.05, 3.63) is 24.5 Å². The first-order valence-electron chi connectivity index (χ1n) is 11.2. The van der Waals surface area contributed by atoms with Gasteiger partial charge in [-0.05, 0) is 43.2 Å². The van der Waals surface area contributed by atoms with Crippen molar-refractivity contribution in [1.82, 2.24) is 24.0 Å². The minimum Gasteiger partial charge on any atom is -0.339 e. The maximum atomic E-state index is 13.2. The SMILES string of the molecule is O=C(N1CCN(S(=O)(=O)c2cccnc2)CC1)N1C[C@H]2C[C@H](C1)[C@H]1CCCC(=O)N1C2. The molecule has 5 heterocycles. The summed E-state index contributed by atoms with van der Waals surface area (Å²) in [4.78, 5) is 35.4. The molecule has 5 rings (SSSR count). The van der Waals surface area contributed by atoms with Crippen LogP contribution in [0.5, 0.6) is 0 Å². The summed E-state index contributed by atoms with van der Waals surface area (Å²) in [6.45, 7) is 3.48. The Labute approximate surface area is 183 Å². The van der Waals surface area contributed by atoms with Crippen molar-refractivity contribution in [2.45, 2.75) is 36.6 Å². The van der Waals surface area contributed by atoms with E-state index in [1.54, 1.807) is 23.2 Å². The predicted octanol–water partition coefficient (Wildman–Crippen LogP) is 0.841. The van der Waals surface area contributed by atoms with Crippen molar-refractivity contribution in [1.29, 1.82) is 0 Å². The molecule has 4 aliphatic rings. The molecule has 3 atom stereocenters. The number of pyridine rings is 1. The zero-order valence-corrected chi connectivity index (χ0v) is 18.4. The average Bonchev–Trinajstić information content (AvgIpc) is 2.80. The Morgan fingerprint density at radius 2 is 1.87 bits per heavy atom. The molecule has 0 spiro atoms. The number of carbonyl (C=O) groups is 2. The summed E-state index contributed by atoms with van der Waals surface area (Å²) in [6, 6.07) is 3.44. The number of piperazine rings is 1. The highest BCUT2D eigenvalue weighted by Gasteiger charge is 2.45. The van der Waals surface area contributed by atoms with Crippen molar-refractivity contribution in [2.75, 3.05) is 45.8 Å². The maximum absolute atomic E-state index is 13.2. The lowest BCUT2D eigenvalue weighted by atomic mass is 9.76. The highest BCUT2D eigenvalue weighted by Crippen LogP contribution is 2.38. The van der Waals surface area contributed by atoms with Crippen LogP contribution >= 0.6 is 0 Å². The van der Waals surface area contributed by atoms with Gasteiger partial charge in [0, 0.05) is 70.7 Å². The van der Waals surface area contributed by atoms with Crippen LogP contribution in [0, 0.1) is 11.8 Å². The summed E-state index contributed by atoms with van der Waals surface area (Å²) < 4.78 is 27.0. The quantitative estimate of drug-likeness (QED) is 0.670. The molecule has 2 bridgehead atoms. The maximum Gasteiger partial charge on any atom is 0.320 e. The van der Waals surface area contributed by atoms with E-state index in [1.165, 1.54) is 10.5 Å². The van der Waals surface area contributed by atoms with Crippen LogP contribution in [0.2, 0.25) is 0 Å². The molecule has 4 saturated heterocycles. The number of hydrogen-bond acceptors (Lipinski definition) is 5. The van der Waals surface area contributed by atoms with E-state index in [0.29, 0.717) is 44.4 Å². The molecular formula is C21H29N5O4S. The fourth-order valence-corrected chi connectivity index (χ4v) is 7.12. The lowest BCUT2D eigenvalue weighted by Gasteiger charge is -2.53. The smallest absolute Gasteiger partial charge is 0.320 e. The van der Waals surface area contributed by atoms with Gasteiger partial charge in [0.05, 0.1) is 0 Å². The number of piperidine rings is 3. The van der Waals surface area contributed by atoms with Gasteiger partial charge in [-0.1, -0.05) is 0 Å².